The highest BCUT2D eigenvalue weighted by atomic mass is 16.1. The van der Waals surface area contributed by atoms with Gasteiger partial charge in [0, 0.05) is 36.2 Å². The zero-order valence-electron chi connectivity index (χ0n) is 21.5. The summed E-state index contributed by atoms with van der Waals surface area (Å²) in [6.45, 7) is 7.80. The summed E-state index contributed by atoms with van der Waals surface area (Å²) in [6, 6.07) is 9.60. The van der Waals surface area contributed by atoms with E-state index in [0.717, 1.165) is 73.5 Å². The van der Waals surface area contributed by atoms with E-state index in [1.165, 1.54) is 0 Å². The molecule has 0 saturated heterocycles. The fraction of sp³-hybridized carbons (Fsp3) is 0.481. The number of hydrogen-bond donors (Lipinski definition) is 1. The molecule has 7 heteroatoms. The van der Waals surface area contributed by atoms with E-state index in [1.54, 1.807) is 4.68 Å². The van der Waals surface area contributed by atoms with E-state index >= 15 is 0 Å². The Morgan fingerprint density at radius 3 is 2.26 bits per heavy atom. The summed E-state index contributed by atoms with van der Waals surface area (Å²) in [5.74, 6) is -0.482. The molecule has 184 valence electrons. The first-order chi connectivity index (χ1) is 16.2. The van der Waals surface area contributed by atoms with Gasteiger partial charge in [-0.15, -0.1) is 0 Å². The van der Waals surface area contributed by atoms with Crippen LogP contribution < -0.4 is 11.3 Å². The van der Waals surface area contributed by atoms with E-state index in [4.69, 9.17) is 5.73 Å². The molecule has 1 amide bonds. The molecule has 0 radical (unpaired) electrons. The summed E-state index contributed by atoms with van der Waals surface area (Å²) in [5.41, 5.74) is 11.1. The number of rotatable bonds is 11. The predicted octanol–water partition coefficient (Wildman–Crippen LogP) is 4.04. The molecule has 3 rings (SSSR count). The van der Waals surface area contributed by atoms with Crippen LogP contribution in [0.5, 0.6) is 0 Å². The Hall–Kier alpha value is -3.06. The Bertz CT molecular complexity index is 1200. The van der Waals surface area contributed by atoms with Crippen LogP contribution in [0.25, 0.3) is 16.8 Å². The number of primary amides is 1. The summed E-state index contributed by atoms with van der Waals surface area (Å²) < 4.78 is 5.77. The lowest BCUT2D eigenvalue weighted by Gasteiger charge is -2.15. The van der Waals surface area contributed by atoms with Gasteiger partial charge in [0.1, 0.15) is 0 Å². The third-order valence-corrected chi connectivity index (χ3v) is 6.69. The molecule has 0 bridgehead atoms. The molecule has 2 heterocycles. The highest BCUT2D eigenvalue weighted by Crippen LogP contribution is 2.35. The van der Waals surface area contributed by atoms with Crippen molar-refractivity contribution in [3.8, 4) is 16.8 Å². The Morgan fingerprint density at radius 1 is 1.00 bits per heavy atom. The van der Waals surface area contributed by atoms with Crippen LogP contribution in [0, 0.1) is 13.8 Å². The van der Waals surface area contributed by atoms with Crippen LogP contribution >= 0.6 is 0 Å². The van der Waals surface area contributed by atoms with Crippen molar-refractivity contribution in [3.05, 3.63) is 63.3 Å². The molecule has 0 fully saturated rings. The number of carbonyl (C=O) groups is 1. The van der Waals surface area contributed by atoms with Gasteiger partial charge in [-0.1, -0.05) is 38.0 Å². The van der Waals surface area contributed by atoms with Crippen LogP contribution in [-0.2, 0) is 20.0 Å². The van der Waals surface area contributed by atoms with Gasteiger partial charge < -0.3 is 15.2 Å². The van der Waals surface area contributed by atoms with E-state index in [1.807, 2.05) is 55.9 Å². The van der Waals surface area contributed by atoms with E-state index in [9.17, 15) is 9.59 Å². The monoisotopic (exact) mass is 465 g/mol. The van der Waals surface area contributed by atoms with Crippen LogP contribution in [0.2, 0.25) is 0 Å². The quantitative estimate of drug-likeness (QED) is 0.434. The maximum atomic E-state index is 13.9. The van der Waals surface area contributed by atoms with Gasteiger partial charge in [0.15, 0.2) is 0 Å². The van der Waals surface area contributed by atoms with Crippen molar-refractivity contribution >= 4 is 5.91 Å². The number of benzene rings is 1. The van der Waals surface area contributed by atoms with Crippen LogP contribution in [0.3, 0.4) is 0 Å². The van der Waals surface area contributed by atoms with Crippen LogP contribution in [-0.4, -0.2) is 45.4 Å². The summed E-state index contributed by atoms with van der Waals surface area (Å²) in [4.78, 5) is 28.8. The Labute approximate surface area is 202 Å². The van der Waals surface area contributed by atoms with Crippen molar-refractivity contribution < 1.29 is 4.79 Å². The SMILES string of the molecule is CCCCCc1c(-c2c(C)n(C)n(-c3ccccc3)c2=O)c(C(N)=O)c(C)n1CCCN(C)C. The topological polar surface area (TPSA) is 78.2 Å². The molecular weight excluding hydrogens is 426 g/mol. The van der Waals surface area contributed by atoms with Crippen molar-refractivity contribution in [1.82, 2.24) is 18.8 Å². The van der Waals surface area contributed by atoms with Gasteiger partial charge in [0.2, 0.25) is 0 Å². The number of hydrogen-bond acceptors (Lipinski definition) is 3. The molecule has 0 unspecified atom stereocenters. The maximum absolute atomic E-state index is 13.9. The molecule has 0 atom stereocenters. The van der Waals surface area contributed by atoms with E-state index < -0.39 is 5.91 Å². The van der Waals surface area contributed by atoms with Gasteiger partial charge in [-0.25, -0.2) is 4.68 Å². The molecule has 1 aromatic carbocycles. The average Bonchev–Trinajstić information content (AvgIpc) is 3.18. The molecule has 2 aromatic heterocycles. The summed E-state index contributed by atoms with van der Waals surface area (Å²) in [7, 11) is 6.00. The number of carbonyl (C=O) groups excluding carboxylic acids is 1. The molecule has 0 saturated carbocycles. The van der Waals surface area contributed by atoms with E-state index in [0.29, 0.717) is 11.1 Å². The Morgan fingerprint density at radius 2 is 1.68 bits per heavy atom. The molecule has 0 aliphatic carbocycles. The third-order valence-electron chi connectivity index (χ3n) is 6.69. The largest absolute Gasteiger partial charge is 0.366 e. The first-order valence-corrected chi connectivity index (χ1v) is 12.2. The minimum atomic E-state index is -0.482. The van der Waals surface area contributed by atoms with Crippen molar-refractivity contribution in [2.45, 2.75) is 59.4 Å². The fourth-order valence-electron chi connectivity index (χ4n) is 4.87. The fourth-order valence-corrected chi connectivity index (χ4v) is 4.87. The van der Waals surface area contributed by atoms with Crippen LogP contribution in [0.15, 0.2) is 35.1 Å². The number of para-hydroxylation sites is 1. The summed E-state index contributed by atoms with van der Waals surface area (Å²) in [6.07, 6.45) is 4.94. The smallest absolute Gasteiger partial charge is 0.279 e. The summed E-state index contributed by atoms with van der Waals surface area (Å²) in [5, 5.41) is 0. The lowest BCUT2D eigenvalue weighted by molar-refractivity contribution is 0.1000. The highest BCUT2D eigenvalue weighted by Gasteiger charge is 2.29. The van der Waals surface area contributed by atoms with Gasteiger partial charge in [-0.3, -0.25) is 14.3 Å². The third kappa shape index (κ3) is 4.89. The van der Waals surface area contributed by atoms with Crippen molar-refractivity contribution in [2.75, 3.05) is 20.6 Å². The lowest BCUT2D eigenvalue weighted by Crippen LogP contribution is -2.21. The average molecular weight is 466 g/mol. The van der Waals surface area contributed by atoms with Crippen molar-refractivity contribution in [3.63, 3.8) is 0 Å². The predicted molar refractivity (Wildman–Crippen MR) is 139 cm³/mol. The molecule has 34 heavy (non-hydrogen) atoms. The van der Waals surface area contributed by atoms with Gasteiger partial charge in [0.05, 0.1) is 16.8 Å². The number of nitrogens with zero attached hydrogens (tertiary/aromatic N) is 4. The second kappa shape index (κ2) is 10.9. The molecule has 0 spiro atoms. The van der Waals surface area contributed by atoms with Crippen LogP contribution in [0.4, 0.5) is 0 Å². The molecule has 7 nitrogen and oxygen atoms in total. The van der Waals surface area contributed by atoms with E-state index in [2.05, 4.69) is 30.5 Å². The molecule has 2 N–H and O–H groups in total. The van der Waals surface area contributed by atoms with Crippen molar-refractivity contribution in [2.24, 2.45) is 12.8 Å². The Balaban J connectivity index is 2.28. The zero-order valence-corrected chi connectivity index (χ0v) is 21.5. The van der Waals surface area contributed by atoms with Gasteiger partial charge >= 0.3 is 0 Å². The minimum absolute atomic E-state index is 0.129. The molecule has 3 aromatic rings. The molecule has 0 aliphatic heterocycles. The lowest BCUT2D eigenvalue weighted by atomic mass is 9.97. The first kappa shape index (κ1) is 25.6. The van der Waals surface area contributed by atoms with Crippen molar-refractivity contribution in [1.29, 1.82) is 0 Å². The normalized spacial score (nSPS) is 11.5. The minimum Gasteiger partial charge on any atom is -0.366 e. The second-order valence-corrected chi connectivity index (χ2v) is 9.35. The molecular formula is C27H39N5O2. The Kier molecular flexibility index (Phi) is 8.20. The number of aromatic nitrogens is 3. The van der Waals surface area contributed by atoms with Gasteiger partial charge in [-0.05, 0) is 65.9 Å². The summed E-state index contributed by atoms with van der Waals surface area (Å²) >= 11 is 0. The zero-order chi connectivity index (χ0) is 25.0. The van der Waals surface area contributed by atoms with Gasteiger partial charge in [0.25, 0.3) is 11.5 Å². The highest BCUT2D eigenvalue weighted by molar-refractivity contribution is 6.02. The number of nitrogens with two attached hydrogens (primary N) is 1. The van der Waals surface area contributed by atoms with Gasteiger partial charge in [-0.2, -0.15) is 0 Å². The molecule has 0 aliphatic rings. The first-order valence-electron chi connectivity index (χ1n) is 12.2. The van der Waals surface area contributed by atoms with E-state index in [-0.39, 0.29) is 5.56 Å². The number of amides is 1. The standard InChI is InChI=1S/C27H39N5O2/c1-7-8-10-16-22-25(23(26(28)33)20(3)31(22)18-13-17-29(4)5)24-19(2)30(6)32(27(24)34)21-14-11-9-12-15-21/h9,11-12,14-15H,7-8,10,13,16-18H2,1-6H3,(H2,28,33). The number of unbranched alkanes of at least 4 members (excludes halogenated alkanes) is 2. The van der Waals surface area contributed by atoms with Crippen LogP contribution in [0.1, 0.15) is 60.0 Å². The second-order valence-electron chi connectivity index (χ2n) is 9.35. The maximum Gasteiger partial charge on any atom is 0.279 e.